The summed E-state index contributed by atoms with van der Waals surface area (Å²) in [6, 6.07) is 21.3. The van der Waals surface area contributed by atoms with Crippen LogP contribution in [-0.4, -0.2) is 64.2 Å². The molecule has 8 nitrogen and oxygen atoms in total. The second-order valence-electron chi connectivity index (χ2n) is 11.4. The van der Waals surface area contributed by atoms with Gasteiger partial charge in [-0.15, -0.1) is 0 Å². The Hall–Kier alpha value is -2.86. The number of ether oxygens (including phenoxy) is 2. The fourth-order valence-electron chi connectivity index (χ4n) is 6.19. The van der Waals surface area contributed by atoms with Gasteiger partial charge in [-0.25, -0.2) is 4.79 Å². The molecule has 2 fully saturated rings. The molecular weight excluding hydrogens is 730 g/mol. The van der Waals surface area contributed by atoms with Crippen molar-refractivity contribution in [2.75, 3.05) is 13.1 Å². The van der Waals surface area contributed by atoms with Crippen LogP contribution < -0.4 is 0 Å². The average molecular weight is 765 g/mol. The Balaban J connectivity index is 1.57. The molecule has 4 atom stereocenters. The van der Waals surface area contributed by atoms with Gasteiger partial charge in [-0.05, 0) is 82.1 Å². The number of carboxylic acid groups (broad SMARTS) is 1. The third kappa shape index (κ3) is 8.11. The van der Waals surface area contributed by atoms with Crippen LogP contribution in [0, 0.1) is 3.57 Å². The molecule has 0 bridgehead atoms. The number of rotatable bonds is 9. The second-order valence-corrected chi connectivity index (χ2v) is 13.5. The van der Waals surface area contributed by atoms with Gasteiger partial charge in [0.05, 0.1) is 6.04 Å². The molecule has 3 aromatic rings. The van der Waals surface area contributed by atoms with Crippen molar-refractivity contribution in [3.05, 3.63) is 103 Å². The Morgan fingerprint density at radius 2 is 1.53 bits per heavy atom. The summed E-state index contributed by atoms with van der Waals surface area (Å²) in [7, 11) is 0. The normalized spacial score (nSPS) is 21.4. The van der Waals surface area contributed by atoms with Gasteiger partial charge in [-0.1, -0.05) is 72.9 Å². The predicted octanol–water partition coefficient (Wildman–Crippen LogP) is 7.70. The quantitative estimate of drug-likeness (QED) is 0.177. The van der Waals surface area contributed by atoms with Crippen molar-refractivity contribution in [2.45, 2.75) is 69.4 Å². The standard InChI is InChI=1S/C34H35Cl2IN2O6/c1-2-3-28(32(40)38-18-16-27(17-19-38)44-34(42)43)39-30(22-6-10-24(35)11-7-22)31(23-8-12-25(36)13-9-23)45-29(33(39)41)20-21-4-14-26(37)15-5-21/h4-15,27-31H,2-3,16-20H2,1H3,(H,42,43)/t28-,29+,30-,31+/m1/s1. The number of likely N-dealkylation sites (tertiary alicyclic amines) is 1. The lowest BCUT2D eigenvalue weighted by molar-refractivity contribution is -0.183. The largest absolute Gasteiger partial charge is 0.506 e. The fourth-order valence-corrected chi connectivity index (χ4v) is 6.80. The van der Waals surface area contributed by atoms with E-state index in [0.717, 1.165) is 20.3 Å². The Kier molecular flexibility index (Phi) is 11.3. The Labute approximate surface area is 286 Å². The van der Waals surface area contributed by atoms with Gasteiger partial charge >= 0.3 is 6.16 Å². The molecule has 2 aliphatic rings. The van der Waals surface area contributed by atoms with E-state index < -0.39 is 36.6 Å². The summed E-state index contributed by atoms with van der Waals surface area (Å²) in [6.45, 7) is 2.68. The maximum Gasteiger partial charge on any atom is 0.506 e. The molecule has 2 saturated heterocycles. The zero-order valence-electron chi connectivity index (χ0n) is 24.8. The molecule has 238 valence electrons. The SMILES string of the molecule is CCC[C@H](C(=O)N1CCC(OC(=O)O)CC1)N1C(=O)[C@H](Cc2ccc(I)cc2)O[C@@H](c2ccc(Cl)cc2)[C@H]1c1ccc(Cl)cc1. The zero-order chi connectivity index (χ0) is 32.1. The van der Waals surface area contributed by atoms with Crippen molar-refractivity contribution in [3.63, 3.8) is 0 Å². The van der Waals surface area contributed by atoms with Crippen LogP contribution in [0.25, 0.3) is 0 Å². The Morgan fingerprint density at radius 1 is 0.956 bits per heavy atom. The molecule has 0 aromatic heterocycles. The van der Waals surface area contributed by atoms with Crippen LogP contribution in [0.5, 0.6) is 0 Å². The summed E-state index contributed by atoms with van der Waals surface area (Å²) in [4.78, 5) is 43.6. The van der Waals surface area contributed by atoms with Crippen LogP contribution in [0.4, 0.5) is 4.79 Å². The molecule has 11 heteroatoms. The summed E-state index contributed by atoms with van der Waals surface area (Å²) in [6.07, 6.45) is -0.961. The van der Waals surface area contributed by atoms with Crippen LogP contribution >= 0.6 is 45.8 Å². The van der Waals surface area contributed by atoms with Crippen LogP contribution in [-0.2, 0) is 25.5 Å². The molecule has 1 N–H and O–H groups in total. The third-order valence-corrected chi connectivity index (χ3v) is 9.60. The lowest BCUT2D eigenvalue weighted by atomic mass is 9.88. The zero-order valence-corrected chi connectivity index (χ0v) is 28.5. The van der Waals surface area contributed by atoms with Crippen molar-refractivity contribution in [1.82, 2.24) is 9.80 Å². The van der Waals surface area contributed by atoms with Crippen molar-refractivity contribution in [2.24, 2.45) is 0 Å². The Morgan fingerprint density at radius 3 is 2.09 bits per heavy atom. The Bertz CT molecular complexity index is 1480. The first kappa shape index (κ1) is 33.5. The molecule has 0 saturated carbocycles. The molecule has 0 radical (unpaired) electrons. The van der Waals surface area contributed by atoms with E-state index in [1.165, 1.54) is 0 Å². The molecule has 2 heterocycles. The van der Waals surface area contributed by atoms with E-state index in [2.05, 4.69) is 22.6 Å². The summed E-state index contributed by atoms with van der Waals surface area (Å²) in [5.74, 6) is -0.419. The monoisotopic (exact) mass is 764 g/mol. The van der Waals surface area contributed by atoms with Gasteiger partial charge in [0.15, 0.2) is 0 Å². The number of morpholine rings is 1. The smallest absolute Gasteiger partial charge is 0.450 e. The van der Waals surface area contributed by atoms with E-state index in [9.17, 15) is 14.4 Å². The van der Waals surface area contributed by atoms with E-state index in [1.807, 2.05) is 55.5 Å². The first-order valence-corrected chi connectivity index (χ1v) is 16.9. The lowest BCUT2D eigenvalue weighted by Crippen LogP contribution is -2.60. The van der Waals surface area contributed by atoms with Crippen LogP contribution in [0.3, 0.4) is 0 Å². The number of benzene rings is 3. The number of hydrogen-bond donors (Lipinski definition) is 1. The van der Waals surface area contributed by atoms with Gasteiger partial charge in [-0.2, -0.15) is 0 Å². The van der Waals surface area contributed by atoms with Gasteiger partial charge in [0.2, 0.25) is 5.91 Å². The lowest BCUT2D eigenvalue weighted by Gasteiger charge is -2.48. The van der Waals surface area contributed by atoms with Gasteiger partial charge in [0, 0.05) is 46.0 Å². The molecule has 0 spiro atoms. The number of amides is 2. The average Bonchev–Trinajstić information content (AvgIpc) is 3.02. The van der Waals surface area contributed by atoms with Crippen molar-refractivity contribution in [1.29, 1.82) is 0 Å². The van der Waals surface area contributed by atoms with Crippen LogP contribution in [0.2, 0.25) is 10.0 Å². The summed E-state index contributed by atoms with van der Waals surface area (Å²) in [5, 5.41) is 10.2. The second kappa shape index (κ2) is 15.2. The van der Waals surface area contributed by atoms with Crippen LogP contribution in [0.1, 0.15) is 61.4 Å². The minimum absolute atomic E-state index is 0.164. The highest BCUT2D eigenvalue weighted by molar-refractivity contribution is 14.1. The number of carbonyl (C=O) groups is 3. The van der Waals surface area contributed by atoms with Crippen molar-refractivity contribution >= 4 is 63.8 Å². The van der Waals surface area contributed by atoms with E-state index in [-0.39, 0.29) is 11.8 Å². The molecule has 3 aromatic carbocycles. The number of hydrogen-bond acceptors (Lipinski definition) is 5. The van der Waals surface area contributed by atoms with Gasteiger partial charge in [0.1, 0.15) is 24.4 Å². The van der Waals surface area contributed by atoms with Gasteiger partial charge in [0.25, 0.3) is 5.91 Å². The molecule has 2 amide bonds. The van der Waals surface area contributed by atoms with Crippen molar-refractivity contribution < 1.29 is 29.0 Å². The fraction of sp³-hybridized carbons (Fsp3) is 0.382. The number of nitrogens with zero attached hydrogens (tertiary/aromatic N) is 2. The summed E-state index contributed by atoms with van der Waals surface area (Å²) >= 11 is 14.8. The maximum atomic E-state index is 14.7. The molecule has 0 aliphatic carbocycles. The summed E-state index contributed by atoms with van der Waals surface area (Å²) < 4.78 is 12.8. The number of carbonyl (C=O) groups excluding carboxylic acids is 2. The van der Waals surface area contributed by atoms with Crippen molar-refractivity contribution in [3.8, 4) is 0 Å². The van der Waals surface area contributed by atoms with Gasteiger partial charge < -0.3 is 24.4 Å². The molecule has 45 heavy (non-hydrogen) atoms. The minimum atomic E-state index is -1.32. The van der Waals surface area contributed by atoms with E-state index >= 15 is 0 Å². The topological polar surface area (TPSA) is 96.4 Å². The van der Waals surface area contributed by atoms with E-state index in [0.29, 0.717) is 55.2 Å². The third-order valence-electron chi connectivity index (χ3n) is 8.38. The van der Waals surface area contributed by atoms with Crippen LogP contribution in [0.15, 0.2) is 72.8 Å². The molecular formula is C34H35Cl2IN2O6. The first-order valence-electron chi connectivity index (χ1n) is 15.1. The number of halogens is 3. The maximum absolute atomic E-state index is 14.7. The summed E-state index contributed by atoms with van der Waals surface area (Å²) in [5.41, 5.74) is 2.58. The highest BCUT2D eigenvalue weighted by Gasteiger charge is 2.49. The molecule has 2 aliphatic heterocycles. The highest BCUT2D eigenvalue weighted by atomic mass is 127. The predicted molar refractivity (Wildman–Crippen MR) is 180 cm³/mol. The van der Waals surface area contributed by atoms with E-state index in [1.54, 1.807) is 34.1 Å². The minimum Gasteiger partial charge on any atom is -0.450 e. The first-order chi connectivity index (χ1) is 21.6. The number of piperidine rings is 1. The molecule has 0 unspecified atom stereocenters. The molecule has 5 rings (SSSR count). The highest BCUT2D eigenvalue weighted by Crippen LogP contribution is 2.45. The van der Waals surface area contributed by atoms with Gasteiger partial charge in [-0.3, -0.25) is 9.59 Å². The van der Waals surface area contributed by atoms with E-state index in [4.69, 9.17) is 37.8 Å².